The fourth-order valence-corrected chi connectivity index (χ4v) is 3.92. The van der Waals surface area contributed by atoms with Gasteiger partial charge in [0.25, 0.3) is 0 Å². The van der Waals surface area contributed by atoms with E-state index in [9.17, 15) is 4.79 Å². The van der Waals surface area contributed by atoms with Crippen LogP contribution in [0.3, 0.4) is 0 Å². The van der Waals surface area contributed by atoms with Gasteiger partial charge in [-0.3, -0.25) is 9.48 Å². The Morgan fingerprint density at radius 2 is 2.00 bits per heavy atom. The van der Waals surface area contributed by atoms with Crippen molar-refractivity contribution in [3.8, 4) is 0 Å². The summed E-state index contributed by atoms with van der Waals surface area (Å²) in [4.78, 5) is 14.6. The highest BCUT2D eigenvalue weighted by molar-refractivity contribution is 5.78. The molecule has 1 unspecified atom stereocenters. The number of hydrogen-bond acceptors (Lipinski definition) is 3. The number of rotatable bonds is 5. The summed E-state index contributed by atoms with van der Waals surface area (Å²) in [6.45, 7) is 6.00. The number of aryl methyl sites for hydroxylation is 2. The highest BCUT2D eigenvalue weighted by Gasteiger charge is 2.30. The van der Waals surface area contributed by atoms with Crippen molar-refractivity contribution >= 4 is 5.91 Å². The molecule has 128 valence electrons. The van der Waals surface area contributed by atoms with E-state index in [2.05, 4.69) is 18.1 Å². The third-order valence-corrected chi connectivity index (χ3v) is 5.18. The van der Waals surface area contributed by atoms with Gasteiger partial charge in [-0.15, -0.1) is 0 Å². The van der Waals surface area contributed by atoms with E-state index in [1.54, 1.807) is 0 Å². The van der Waals surface area contributed by atoms with Gasteiger partial charge in [0, 0.05) is 12.2 Å². The molecular formula is C18H29N3O2. The molecule has 0 N–H and O–H groups in total. The van der Waals surface area contributed by atoms with Crippen LogP contribution in [-0.4, -0.2) is 45.9 Å². The van der Waals surface area contributed by atoms with Crippen molar-refractivity contribution in [3.05, 3.63) is 17.5 Å². The van der Waals surface area contributed by atoms with Crippen LogP contribution in [0.25, 0.3) is 0 Å². The van der Waals surface area contributed by atoms with Crippen LogP contribution in [0.5, 0.6) is 0 Å². The van der Waals surface area contributed by atoms with E-state index < -0.39 is 0 Å². The fourth-order valence-electron chi connectivity index (χ4n) is 3.92. The number of amides is 1. The Labute approximate surface area is 139 Å². The molecule has 1 aromatic rings. The fraction of sp³-hybridized carbons (Fsp3) is 0.778. The lowest BCUT2D eigenvalue weighted by molar-refractivity contribution is -0.139. The van der Waals surface area contributed by atoms with E-state index in [4.69, 9.17) is 4.74 Å². The van der Waals surface area contributed by atoms with E-state index in [1.165, 1.54) is 25.0 Å². The van der Waals surface area contributed by atoms with Crippen molar-refractivity contribution in [2.75, 3.05) is 13.2 Å². The van der Waals surface area contributed by atoms with Crippen LogP contribution in [0.4, 0.5) is 0 Å². The Morgan fingerprint density at radius 1 is 1.22 bits per heavy atom. The minimum Gasteiger partial charge on any atom is -0.368 e. The van der Waals surface area contributed by atoms with Crippen LogP contribution in [-0.2, 0) is 16.1 Å². The van der Waals surface area contributed by atoms with Crippen molar-refractivity contribution in [2.24, 2.45) is 0 Å². The Kier molecular flexibility index (Phi) is 5.36. The molecule has 23 heavy (non-hydrogen) atoms. The van der Waals surface area contributed by atoms with Crippen molar-refractivity contribution < 1.29 is 9.53 Å². The van der Waals surface area contributed by atoms with Gasteiger partial charge in [0.1, 0.15) is 6.61 Å². The lowest BCUT2D eigenvalue weighted by Gasteiger charge is -2.27. The first-order valence-electron chi connectivity index (χ1n) is 9.05. The summed E-state index contributed by atoms with van der Waals surface area (Å²) >= 11 is 0. The quantitative estimate of drug-likeness (QED) is 0.838. The van der Waals surface area contributed by atoms with Gasteiger partial charge in [-0.2, -0.15) is 5.10 Å². The number of carbonyl (C=O) groups excluding carboxylic acids is 1. The summed E-state index contributed by atoms with van der Waals surface area (Å²) in [5.74, 6) is 0.152. The lowest BCUT2D eigenvalue weighted by Crippen LogP contribution is -2.41. The predicted octanol–water partition coefficient (Wildman–Crippen LogP) is 2.84. The summed E-state index contributed by atoms with van der Waals surface area (Å²) in [6.07, 6.45) is 8.46. The second-order valence-corrected chi connectivity index (χ2v) is 7.06. The standard InChI is InChI=1S/C18H29N3O2/c1-14-11-15(2)21(19-14)12-16-7-6-10-20(16)18(22)13-23-17-8-4-3-5-9-17/h11,16-17H,3-10,12-13H2,1-2H3. The van der Waals surface area contributed by atoms with Gasteiger partial charge in [-0.1, -0.05) is 19.3 Å². The Hall–Kier alpha value is -1.36. The van der Waals surface area contributed by atoms with Crippen molar-refractivity contribution in [3.63, 3.8) is 0 Å². The third-order valence-electron chi connectivity index (χ3n) is 5.18. The third kappa shape index (κ3) is 4.14. The van der Waals surface area contributed by atoms with Crippen LogP contribution in [0.2, 0.25) is 0 Å². The average Bonchev–Trinajstić information content (AvgIpc) is 3.13. The molecule has 0 radical (unpaired) electrons. The van der Waals surface area contributed by atoms with Gasteiger partial charge in [-0.05, 0) is 45.6 Å². The highest BCUT2D eigenvalue weighted by atomic mass is 16.5. The molecule has 2 aliphatic rings. The van der Waals surface area contributed by atoms with E-state index in [-0.39, 0.29) is 18.6 Å². The zero-order valence-corrected chi connectivity index (χ0v) is 14.5. The molecule has 0 bridgehead atoms. The first-order chi connectivity index (χ1) is 11.1. The van der Waals surface area contributed by atoms with E-state index in [0.29, 0.717) is 6.10 Å². The molecule has 1 atom stereocenters. The van der Waals surface area contributed by atoms with Crippen LogP contribution in [0.1, 0.15) is 56.3 Å². The zero-order chi connectivity index (χ0) is 16.2. The maximum absolute atomic E-state index is 12.5. The van der Waals surface area contributed by atoms with E-state index in [0.717, 1.165) is 44.5 Å². The monoisotopic (exact) mass is 319 g/mol. The Bertz CT molecular complexity index is 534. The SMILES string of the molecule is Cc1cc(C)n(CC2CCCN2C(=O)COC2CCCCC2)n1. The number of likely N-dealkylation sites (tertiary alicyclic amines) is 1. The minimum atomic E-state index is 0.152. The molecule has 0 aromatic carbocycles. The molecule has 1 aliphatic heterocycles. The molecule has 5 heteroatoms. The second-order valence-electron chi connectivity index (χ2n) is 7.06. The van der Waals surface area contributed by atoms with Crippen LogP contribution < -0.4 is 0 Å². The highest BCUT2D eigenvalue weighted by Crippen LogP contribution is 2.22. The van der Waals surface area contributed by atoms with E-state index in [1.807, 2.05) is 16.5 Å². The van der Waals surface area contributed by atoms with Gasteiger partial charge in [-0.25, -0.2) is 0 Å². The first kappa shape index (κ1) is 16.5. The maximum Gasteiger partial charge on any atom is 0.248 e. The Balaban J connectivity index is 1.53. The summed E-state index contributed by atoms with van der Waals surface area (Å²) < 4.78 is 7.91. The first-order valence-corrected chi connectivity index (χ1v) is 9.05. The number of carbonyl (C=O) groups is 1. The van der Waals surface area contributed by atoms with Crippen LogP contribution in [0.15, 0.2) is 6.07 Å². The summed E-state index contributed by atoms with van der Waals surface area (Å²) in [5.41, 5.74) is 2.21. The molecular weight excluding hydrogens is 290 g/mol. The second kappa shape index (κ2) is 7.47. The molecule has 1 aliphatic carbocycles. The summed E-state index contributed by atoms with van der Waals surface area (Å²) in [7, 11) is 0. The number of ether oxygens (including phenoxy) is 1. The molecule has 2 fully saturated rings. The molecule has 2 heterocycles. The molecule has 0 spiro atoms. The average molecular weight is 319 g/mol. The van der Waals surface area contributed by atoms with Gasteiger partial charge in [0.05, 0.1) is 24.4 Å². The van der Waals surface area contributed by atoms with Crippen molar-refractivity contribution in [1.29, 1.82) is 0 Å². The van der Waals surface area contributed by atoms with Crippen molar-refractivity contribution in [1.82, 2.24) is 14.7 Å². The van der Waals surface area contributed by atoms with Gasteiger partial charge in [0.2, 0.25) is 5.91 Å². The molecule has 3 rings (SSSR count). The summed E-state index contributed by atoms with van der Waals surface area (Å²) in [5, 5.41) is 4.53. The topological polar surface area (TPSA) is 47.4 Å². The number of aromatic nitrogens is 2. The smallest absolute Gasteiger partial charge is 0.248 e. The van der Waals surface area contributed by atoms with Gasteiger partial charge >= 0.3 is 0 Å². The molecule has 1 aromatic heterocycles. The maximum atomic E-state index is 12.5. The zero-order valence-electron chi connectivity index (χ0n) is 14.5. The van der Waals surface area contributed by atoms with Crippen LogP contribution in [0, 0.1) is 13.8 Å². The molecule has 1 amide bonds. The van der Waals surface area contributed by atoms with E-state index >= 15 is 0 Å². The lowest BCUT2D eigenvalue weighted by atomic mass is 9.98. The van der Waals surface area contributed by atoms with Gasteiger partial charge < -0.3 is 9.64 Å². The predicted molar refractivity (Wildman–Crippen MR) is 89.3 cm³/mol. The normalized spacial score (nSPS) is 22.7. The molecule has 1 saturated heterocycles. The summed E-state index contributed by atoms with van der Waals surface area (Å²) in [6, 6.07) is 2.35. The van der Waals surface area contributed by atoms with Crippen molar-refractivity contribution in [2.45, 2.75) is 77.5 Å². The number of hydrogen-bond donors (Lipinski definition) is 0. The largest absolute Gasteiger partial charge is 0.368 e. The minimum absolute atomic E-state index is 0.152. The van der Waals surface area contributed by atoms with Gasteiger partial charge in [0.15, 0.2) is 0 Å². The molecule has 5 nitrogen and oxygen atoms in total. The van der Waals surface area contributed by atoms with Crippen LogP contribution >= 0.6 is 0 Å². The number of nitrogens with zero attached hydrogens (tertiary/aromatic N) is 3. The molecule has 1 saturated carbocycles. The Morgan fingerprint density at radius 3 is 2.70 bits per heavy atom.